The van der Waals surface area contributed by atoms with Gasteiger partial charge in [0, 0.05) is 18.9 Å². The molecule has 0 amide bonds. The van der Waals surface area contributed by atoms with Crippen molar-refractivity contribution in [2.45, 2.75) is 6.10 Å². The fraction of sp³-hybridized carbons (Fsp3) is 0.444. The van der Waals surface area contributed by atoms with E-state index in [-0.39, 0.29) is 0 Å². The molecule has 0 aliphatic carbocycles. The van der Waals surface area contributed by atoms with Crippen molar-refractivity contribution in [3.8, 4) is 0 Å². The van der Waals surface area contributed by atoms with Crippen molar-refractivity contribution in [3.05, 3.63) is 30.1 Å². The highest BCUT2D eigenvalue weighted by atomic mass is 16.3. The van der Waals surface area contributed by atoms with Crippen LogP contribution in [0.15, 0.2) is 24.5 Å². The summed E-state index contributed by atoms with van der Waals surface area (Å²) >= 11 is 0. The van der Waals surface area contributed by atoms with E-state index < -0.39 is 6.10 Å². The van der Waals surface area contributed by atoms with Crippen LogP contribution < -0.4 is 0 Å². The van der Waals surface area contributed by atoms with Crippen LogP contribution in [0.5, 0.6) is 0 Å². The molecular weight excluding hydrogens is 152 g/mol. The van der Waals surface area contributed by atoms with Crippen LogP contribution in [-0.2, 0) is 0 Å². The van der Waals surface area contributed by atoms with Gasteiger partial charge >= 0.3 is 0 Å². The Kier molecular flexibility index (Phi) is 3.19. The minimum atomic E-state index is -0.414. The molecule has 1 aromatic rings. The monoisotopic (exact) mass is 166 g/mol. The summed E-state index contributed by atoms with van der Waals surface area (Å²) in [5.41, 5.74) is 0.915. The van der Waals surface area contributed by atoms with Crippen LogP contribution in [-0.4, -0.2) is 35.6 Å². The average molecular weight is 166 g/mol. The number of aliphatic hydroxyl groups excluding tert-OH is 1. The molecule has 3 heteroatoms. The summed E-state index contributed by atoms with van der Waals surface area (Å²) in [6, 6.07) is 3.66. The first-order valence-corrected chi connectivity index (χ1v) is 3.93. The molecule has 3 nitrogen and oxygen atoms in total. The third kappa shape index (κ3) is 2.60. The Bertz CT molecular complexity index is 223. The maximum Gasteiger partial charge on any atom is 0.0917 e. The molecule has 1 atom stereocenters. The van der Waals surface area contributed by atoms with Crippen molar-refractivity contribution < 1.29 is 5.11 Å². The number of hydrogen-bond acceptors (Lipinski definition) is 3. The van der Waals surface area contributed by atoms with E-state index in [4.69, 9.17) is 0 Å². The van der Waals surface area contributed by atoms with Crippen LogP contribution in [0.3, 0.4) is 0 Å². The lowest BCUT2D eigenvalue weighted by Crippen LogP contribution is -2.19. The number of aliphatic hydroxyl groups is 1. The zero-order chi connectivity index (χ0) is 8.97. The molecule has 66 valence electrons. The molecule has 0 bridgehead atoms. The summed E-state index contributed by atoms with van der Waals surface area (Å²) in [4.78, 5) is 5.83. The molecule has 0 aliphatic rings. The van der Waals surface area contributed by atoms with E-state index in [0.29, 0.717) is 6.54 Å². The number of aromatic nitrogens is 1. The topological polar surface area (TPSA) is 36.4 Å². The smallest absolute Gasteiger partial charge is 0.0917 e. The van der Waals surface area contributed by atoms with Gasteiger partial charge in [0.1, 0.15) is 0 Å². The van der Waals surface area contributed by atoms with E-state index in [1.165, 1.54) is 0 Å². The van der Waals surface area contributed by atoms with Gasteiger partial charge in [-0.25, -0.2) is 0 Å². The predicted molar refractivity (Wildman–Crippen MR) is 47.8 cm³/mol. The minimum Gasteiger partial charge on any atom is -0.387 e. The largest absolute Gasteiger partial charge is 0.387 e. The highest BCUT2D eigenvalue weighted by Crippen LogP contribution is 2.10. The summed E-state index contributed by atoms with van der Waals surface area (Å²) in [5.74, 6) is 0. The van der Waals surface area contributed by atoms with Crippen molar-refractivity contribution >= 4 is 0 Å². The van der Waals surface area contributed by atoms with E-state index in [1.807, 2.05) is 31.1 Å². The molecule has 0 saturated carbocycles. The van der Waals surface area contributed by atoms with Crippen molar-refractivity contribution in [1.82, 2.24) is 9.88 Å². The van der Waals surface area contributed by atoms with E-state index >= 15 is 0 Å². The third-order valence-electron chi connectivity index (χ3n) is 1.63. The molecule has 1 unspecified atom stereocenters. The van der Waals surface area contributed by atoms with Crippen LogP contribution in [0, 0.1) is 0 Å². The van der Waals surface area contributed by atoms with Crippen LogP contribution in [0.1, 0.15) is 11.7 Å². The zero-order valence-electron chi connectivity index (χ0n) is 7.44. The number of rotatable bonds is 3. The van der Waals surface area contributed by atoms with Crippen LogP contribution in [0.25, 0.3) is 0 Å². The van der Waals surface area contributed by atoms with Crippen LogP contribution in [0.2, 0.25) is 0 Å². The number of nitrogens with zero attached hydrogens (tertiary/aromatic N) is 2. The van der Waals surface area contributed by atoms with Crippen molar-refractivity contribution in [3.63, 3.8) is 0 Å². The van der Waals surface area contributed by atoms with Gasteiger partial charge in [0.05, 0.1) is 6.10 Å². The number of likely N-dealkylation sites (N-methyl/N-ethyl adjacent to an activating group) is 1. The van der Waals surface area contributed by atoms with Crippen molar-refractivity contribution in [1.29, 1.82) is 0 Å². The van der Waals surface area contributed by atoms with Gasteiger partial charge in [-0.1, -0.05) is 0 Å². The van der Waals surface area contributed by atoms with E-state index in [1.54, 1.807) is 12.4 Å². The first-order valence-electron chi connectivity index (χ1n) is 3.93. The normalized spacial score (nSPS) is 13.3. The van der Waals surface area contributed by atoms with Crippen LogP contribution in [0.4, 0.5) is 0 Å². The number of pyridine rings is 1. The quantitative estimate of drug-likeness (QED) is 0.717. The standard InChI is InChI=1S/C9H14N2O/c1-11(2)7-9(12)8-3-5-10-6-4-8/h3-6,9,12H,7H2,1-2H3. The van der Waals surface area contributed by atoms with Gasteiger partial charge in [-0.2, -0.15) is 0 Å². The summed E-state index contributed by atoms with van der Waals surface area (Å²) in [6.45, 7) is 0.643. The first-order chi connectivity index (χ1) is 5.70. The third-order valence-corrected chi connectivity index (χ3v) is 1.63. The summed E-state index contributed by atoms with van der Waals surface area (Å²) in [7, 11) is 3.87. The lowest BCUT2D eigenvalue weighted by atomic mass is 10.1. The summed E-state index contributed by atoms with van der Waals surface area (Å²) in [5, 5.41) is 9.62. The average Bonchev–Trinajstić information content (AvgIpc) is 2.05. The predicted octanol–water partition coefficient (Wildman–Crippen LogP) is 0.677. The highest BCUT2D eigenvalue weighted by Gasteiger charge is 2.06. The van der Waals surface area contributed by atoms with Gasteiger partial charge in [-0.05, 0) is 31.8 Å². The highest BCUT2D eigenvalue weighted by molar-refractivity contribution is 5.13. The Labute approximate surface area is 72.7 Å². The second-order valence-electron chi connectivity index (χ2n) is 3.06. The molecule has 0 spiro atoms. The molecule has 0 aromatic carbocycles. The molecular formula is C9H14N2O. The minimum absolute atomic E-state index is 0.414. The number of hydrogen-bond donors (Lipinski definition) is 1. The van der Waals surface area contributed by atoms with Crippen molar-refractivity contribution in [2.24, 2.45) is 0 Å². The molecule has 0 aliphatic heterocycles. The zero-order valence-corrected chi connectivity index (χ0v) is 7.44. The Morgan fingerprint density at radius 1 is 1.42 bits per heavy atom. The summed E-state index contributed by atoms with van der Waals surface area (Å²) < 4.78 is 0. The van der Waals surface area contributed by atoms with Gasteiger partial charge in [0.25, 0.3) is 0 Å². The Hall–Kier alpha value is -0.930. The SMILES string of the molecule is CN(C)CC(O)c1ccncc1. The molecule has 0 radical (unpaired) electrons. The van der Waals surface area contributed by atoms with Gasteiger partial charge in [-0.15, -0.1) is 0 Å². The molecule has 1 N–H and O–H groups in total. The molecule has 1 aromatic heterocycles. The van der Waals surface area contributed by atoms with Gasteiger partial charge in [0.15, 0.2) is 0 Å². The first kappa shape index (κ1) is 9.16. The Balaban J connectivity index is 2.59. The molecule has 0 saturated heterocycles. The fourth-order valence-electron chi connectivity index (χ4n) is 1.04. The van der Waals surface area contributed by atoms with Gasteiger partial charge in [-0.3, -0.25) is 4.98 Å². The molecule has 12 heavy (non-hydrogen) atoms. The maximum absolute atomic E-state index is 9.62. The van der Waals surface area contributed by atoms with Crippen LogP contribution >= 0.6 is 0 Å². The van der Waals surface area contributed by atoms with Crippen molar-refractivity contribution in [2.75, 3.05) is 20.6 Å². The maximum atomic E-state index is 9.62. The Morgan fingerprint density at radius 2 is 2.00 bits per heavy atom. The second-order valence-corrected chi connectivity index (χ2v) is 3.06. The lowest BCUT2D eigenvalue weighted by molar-refractivity contribution is 0.138. The van der Waals surface area contributed by atoms with Gasteiger partial charge < -0.3 is 10.0 Å². The van der Waals surface area contributed by atoms with E-state index in [0.717, 1.165) is 5.56 Å². The lowest BCUT2D eigenvalue weighted by Gasteiger charge is -2.15. The Morgan fingerprint density at radius 3 is 2.50 bits per heavy atom. The second kappa shape index (κ2) is 4.18. The van der Waals surface area contributed by atoms with Gasteiger partial charge in [0.2, 0.25) is 0 Å². The molecule has 1 heterocycles. The molecule has 0 fully saturated rings. The summed E-state index contributed by atoms with van der Waals surface area (Å²) in [6.07, 6.45) is 2.96. The molecule has 1 rings (SSSR count). The van der Waals surface area contributed by atoms with E-state index in [2.05, 4.69) is 4.98 Å². The fourth-order valence-corrected chi connectivity index (χ4v) is 1.04. The van der Waals surface area contributed by atoms with E-state index in [9.17, 15) is 5.11 Å².